The van der Waals surface area contributed by atoms with Crippen LogP contribution >= 0.6 is 11.6 Å². The van der Waals surface area contributed by atoms with E-state index in [0.29, 0.717) is 17.2 Å². The average molecular weight is 469 g/mol. The number of hydrogen-bond acceptors (Lipinski definition) is 4. The number of aromatic nitrogens is 2. The predicted octanol–water partition coefficient (Wildman–Crippen LogP) is 5.44. The number of hydrogen-bond donors (Lipinski definition) is 1. The van der Waals surface area contributed by atoms with E-state index < -0.39 is 23.6 Å². The van der Waals surface area contributed by atoms with Gasteiger partial charge in [0.2, 0.25) is 5.95 Å². The summed E-state index contributed by atoms with van der Waals surface area (Å²) in [5.41, 5.74) is -0.321. The van der Waals surface area contributed by atoms with Crippen molar-refractivity contribution < 1.29 is 27.2 Å². The van der Waals surface area contributed by atoms with E-state index in [4.69, 9.17) is 11.6 Å². The number of halogens is 5. The zero-order valence-corrected chi connectivity index (χ0v) is 17.8. The maximum atomic E-state index is 14.3. The van der Waals surface area contributed by atoms with Crippen molar-refractivity contribution in [1.29, 1.82) is 0 Å². The topological polar surface area (TPSA) is 68.5 Å². The van der Waals surface area contributed by atoms with Gasteiger partial charge in [-0.25, -0.2) is 4.68 Å². The lowest BCUT2D eigenvalue weighted by molar-refractivity contribution is -0.137. The van der Waals surface area contributed by atoms with Crippen LogP contribution in [0.15, 0.2) is 41.6 Å². The third-order valence-corrected chi connectivity index (χ3v) is 4.86. The number of carbonyl (C=O) groups excluding carboxylic acids is 1. The van der Waals surface area contributed by atoms with Crippen LogP contribution in [0.3, 0.4) is 0 Å². The number of carbonyl (C=O) groups is 1. The van der Waals surface area contributed by atoms with Crippen LogP contribution in [0.2, 0.25) is 5.02 Å². The molecule has 0 saturated heterocycles. The van der Waals surface area contributed by atoms with Crippen molar-refractivity contribution in [2.75, 3.05) is 12.4 Å². The first-order chi connectivity index (χ1) is 15.0. The first-order valence-electron chi connectivity index (χ1n) is 9.11. The Balaban J connectivity index is 2.11. The lowest BCUT2D eigenvalue weighted by Crippen LogP contribution is -2.16. The minimum absolute atomic E-state index is 0.00959. The molecule has 0 aliphatic heterocycles. The fourth-order valence-corrected chi connectivity index (χ4v) is 3.32. The Bertz CT molecular complexity index is 1190. The summed E-state index contributed by atoms with van der Waals surface area (Å²) in [7, 11) is 2.70. The Morgan fingerprint density at radius 1 is 1.25 bits per heavy atom. The van der Waals surface area contributed by atoms with E-state index in [1.54, 1.807) is 12.1 Å². The van der Waals surface area contributed by atoms with Gasteiger partial charge in [-0.2, -0.15) is 22.7 Å². The highest BCUT2D eigenvalue weighted by molar-refractivity contribution is 6.35. The van der Waals surface area contributed by atoms with E-state index >= 15 is 0 Å². The molecule has 0 aliphatic rings. The lowest BCUT2D eigenvalue weighted by atomic mass is 9.99. The van der Waals surface area contributed by atoms with Gasteiger partial charge < -0.3 is 10.2 Å². The monoisotopic (exact) mass is 468 g/mol. The summed E-state index contributed by atoms with van der Waals surface area (Å²) in [6.45, 7) is 1.44. The lowest BCUT2D eigenvalue weighted by Gasteiger charge is -2.17. The van der Waals surface area contributed by atoms with Crippen molar-refractivity contribution in [1.82, 2.24) is 9.78 Å². The molecular weight excluding hydrogens is 452 g/mol. The molecule has 1 N–H and O–H groups in total. The number of alkyl halides is 3. The Hall–Kier alpha value is -3.40. The van der Waals surface area contributed by atoms with E-state index in [2.05, 4.69) is 20.4 Å². The van der Waals surface area contributed by atoms with Gasteiger partial charge in [-0.3, -0.25) is 4.79 Å². The average Bonchev–Trinajstić information content (AvgIpc) is 2.98. The van der Waals surface area contributed by atoms with Crippen molar-refractivity contribution in [3.63, 3.8) is 0 Å². The molecule has 168 valence electrons. The van der Waals surface area contributed by atoms with Crippen molar-refractivity contribution in [3.05, 3.63) is 69.8 Å². The third kappa shape index (κ3) is 4.75. The number of amides is 1. The summed E-state index contributed by atoms with van der Waals surface area (Å²) < 4.78 is 55.4. The van der Waals surface area contributed by atoms with Gasteiger partial charge in [0.1, 0.15) is 12.7 Å². The van der Waals surface area contributed by atoms with E-state index in [1.165, 1.54) is 39.4 Å². The van der Waals surface area contributed by atoms with Crippen LogP contribution in [0.25, 0.3) is 11.1 Å². The quantitative estimate of drug-likeness (QED) is 0.308. The fourth-order valence-electron chi connectivity index (χ4n) is 3.05. The number of nitrogens with zero attached hydrogens (tertiary/aromatic N) is 3. The number of benzene rings is 2. The van der Waals surface area contributed by atoms with Crippen molar-refractivity contribution >= 4 is 29.4 Å². The van der Waals surface area contributed by atoms with Crippen LogP contribution in [-0.2, 0) is 18.1 Å². The minimum Gasteiger partial charge on any atom is -0.399 e. The number of rotatable bonds is 5. The molecule has 0 fully saturated rings. The SMILES string of the molecule is CON=Cc1ccc(-c2cc(C(F)(F)F)cc(Cl)c2NC(=O)c2c(C)nn(C)c2F)cc1. The van der Waals surface area contributed by atoms with Crippen LogP contribution in [0.5, 0.6) is 0 Å². The molecule has 0 atom stereocenters. The van der Waals surface area contributed by atoms with Crippen LogP contribution < -0.4 is 5.32 Å². The second kappa shape index (κ2) is 8.99. The molecule has 0 saturated carbocycles. The third-order valence-electron chi connectivity index (χ3n) is 4.56. The largest absolute Gasteiger partial charge is 0.416 e. The molecule has 11 heteroatoms. The van der Waals surface area contributed by atoms with Crippen molar-refractivity contribution in [2.45, 2.75) is 13.1 Å². The van der Waals surface area contributed by atoms with Gasteiger partial charge >= 0.3 is 6.18 Å². The summed E-state index contributed by atoms with van der Waals surface area (Å²) in [6.07, 6.45) is -3.25. The normalized spacial score (nSPS) is 11.8. The molecule has 0 aliphatic carbocycles. The van der Waals surface area contributed by atoms with Gasteiger partial charge in [-0.1, -0.05) is 41.0 Å². The highest BCUT2D eigenvalue weighted by Gasteiger charge is 2.33. The van der Waals surface area contributed by atoms with Crippen molar-refractivity contribution in [2.24, 2.45) is 12.2 Å². The molecule has 32 heavy (non-hydrogen) atoms. The van der Waals surface area contributed by atoms with Gasteiger partial charge in [0.05, 0.1) is 28.2 Å². The standard InChI is InChI=1S/C21H17ClF4N4O2/c1-11-17(19(23)30(2)29-11)20(31)28-18-15(8-14(9-16(18)22)21(24,25)26)13-6-4-12(5-7-13)10-27-32-3/h4-10H,1-3H3,(H,28,31). The zero-order chi connectivity index (χ0) is 23.6. The minimum atomic E-state index is -4.67. The Kier molecular flexibility index (Phi) is 6.54. The van der Waals surface area contributed by atoms with Crippen LogP contribution in [0, 0.1) is 12.9 Å². The van der Waals surface area contributed by atoms with Gasteiger partial charge in [-0.05, 0) is 30.2 Å². The number of anilines is 1. The number of aryl methyl sites for hydroxylation is 2. The summed E-state index contributed by atoms with van der Waals surface area (Å²) in [6, 6.07) is 7.84. The number of nitrogens with one attached hydrogen (secondary N) is 1. The molecule has 1 heterocycles. The number of oxime groups is 1. The summed E-state index contributed by atoms with van der Waals surface area (Å²) in [5.74, 6) is -1.77. The smallest absolute Gasteiger partial charge is 0.399 e. The van der Waals surface area contributed by atoms with Gasteiger partial charge in [0.25, 0.3) is 5.91 Å². The second-order valence-electron chi connectivity index (χ2n) is 6.75. The molecule has 0 spiro atoms. The maximum absolute atomic E-state index is 14.3. The molecule has 1 amide bonds. The molecule has 2 aromatic carbocycles. The van der Waals surface area contributed by atoms with Gasteiger partial charge in [-0.15, -0.1) is 0 Å². The highest BCUT2D eigenvalue weighted by atomic mass is 35.5. The molecule has 3 rings (SSSR count). The summed E-state index contributed by atoms with van der Waals surface area (Å²) in [4.78, 5) is 17.3. The van der Waals surface area contributed by atoms with Gasteiger partial charge in [0, 0.05) is 12.6 Å². The van der Waals surface area contributed by atoms with E-state index in [9.17, 15) is 22.4 Å². The molecular formula is C21H17ClF4N4O2. The highest BCUT2D eigenvalue weighted by Crippen LogP contribution is 2.41. The summed E-state index contributed by atoms with van der Waals surface area (Å²) >= 11 is 6.14. The first kappa shape index (κ1) is 23.3. The second-order valence-corrected chi connectivity index (χ2v) is 7.15. The van der Waals surface area contributed by atoms with Crippen molar-refractivity contribution in [3.8, 4) is 11.1 Å². The van der Waals surface area contributed by atoms with Gasteiger partial charge in [0.15, 0.2) is 0 Å². The fraction of sp³-hybridized carbons (Fsp3) is 0.190. The Labute approximate surface area is 185 Å². The van der Waals surface area contributed by atoms with E-state index in [1.807, 2.05) is 0 Å². The Morgan fingerprint density at radius 2 is 1.91 bits per heavy atom. The molecule has 6 nitrogen and oxygen atoms in total. The van der Waals surface area contributed by atoms with Crippen LogP contribution in [0.1, 0.15) is 27.2 Å². The molecule has 3 aromatic rings. The molecule has 0 unspecified atom stereocenters. The molecule has 0 radical (unpaired) electrons. The van der Waals surface area contributed by atoms with E-state index in [0.717, 1.165) is 10.7 Å². The van der Waals surface area contributed by atoms with Crippen LogP contribution in [-0.4, -0.2) is 29.0 Å². The maximum Gasteiger partial charge on any atom is 0.416 e. The predicted molar refractivity (Wildman–Crippen MR) is 112 cm³/mol. The zero-order valence-electron chi connectivity index (χ0n) is 17.1. The summed E-state index contributed by atoms with van der Waals surface area (Å²) in [5, 5.41) is 9.54. The van der Waals surface area contributed by atoms with E-state index in [-0.39, 0.29) is 27.5 Å². The molecule has 0 bridgehead atoms. The Morgan fingerprint density at radius 3 is 2.44 bits per heavy atom. The van der Waals surface area contributed by atoms with Crippen LogP contribution in [0.4, 0.5) is 23.2 Å². The molecule has 1 aromatic heterocycles. The first-order valence-corrected chi connectivity index (χ1v) is 9.49.